The standard InChI is InChI=1S/C21H24N2O4/c1-15-7-16(11-22-10-15)12-26-19-5-6-27-21(9-19)13-23(14-21)20(25)17-3-2-4-18(24)8-17/h2-4,7-8,10-11,19,24H,5-6,9,12-14H2,1H3/t19-/m0/s1. The molecule has 6 heteroatoms. The molecule has 2 saturated heterocycles. The second kappa shape index (κ2) is 7.29. The van der Waals surface area contributed by atoms with Gasteiger partial charge in [-0.25, -0.2) is 0 Å². The fourth-order valence-electron chi connectivity index (χ4n) is 3.87. The molecule has 27 heavy (non-hydrogen) atoms. The van der Waals surface area contributed by atoms with Crippen LogP contribution in [0.15, 0.2) is 42.7 Å². The van der Waals surface area contributed by atoms with Gasteiger partial charge in [-0.3, -0.25) is 9.78 Å². The van der Waals surface area contributed by atoms with Crippen molar-refractivity contribution in [2.75, 3.05) is 19.7 Å². The summed E-state index contributed by atoms with van der Waals surface area (Å²) in [6.45, 7) is 4.33. The molecule has 1 N–H and O–H groups in total. The third-order valence-corrected chi connectivity index (χ3v) is 5.20. The highest BCUT2D eigenvalue weighted by Gasteiger charge is 2.49. The highest BCUT2D eigenvalue weighted by Crippen LogP contribution is 2.36. The number of likely N-dealkylation sites (tertiary alicyclic amines) is 1. The van der Waals surface area contributed by atoms with Crippen LogP contribution < -0.4 is 0 Å². The van der Waals surface area contributed by atoms with E-state index in [1.807, 2.05) is 19.3 Å². The van der Waals surface area contributed by atoms with Crippen molar-refractivity contribution in [3.8, 4) is 5.75 Å². The first-order valence-corrected chi connectivity index (χ1v) is 9.27. The molecule has 2 aliphatic rings. The first-order chi connectivity index (χ1) is 13.0. The van der Waals surface area contributed by atoms with E-state index in [0.29, 0.717) is 31.9 Å². The lowest BCUT2D eigenvalue weighted by atomic mass is 9.84. The van der Waals surface area contributed by atoms with Crippen molar-refractivity contribution in [2.24, 2.45) is 0 Å². The maximum atomic E-state index is 12.6. The third-order valence-electron chi connectivity index (χ3n) is 5.20. The molecule has 1 atom stereocenters. The topological polar surface area (TPSA) is 71.9 Å². The largest absolute Gasteiger partial charge is 0.508 e. The smallest absolute Gasteiger partial charge is 0.254 e. The van der Waals surface area contributed by atoms with Crippen LogP contribution in [0.2, 0.25) is 0 Å². The minimum absolute atomic E-state index is 0.0750. The van der Waals surface area contributed by atoms with Crippen LogP contribution >= 0.6 is 0 Å². The second-order valence-electron chi connectivity index (χ2n) is 7.54. The van der Waals surface area contributed by atoms with Crippen molar-refractivity contribution < 1.29 is 19.4 Å². The number of aromatic nitrogens is 1. The van der Waals surface area contributed by atoms with Gasteiger partial charge in [-0.15, -0.1) is 0 Å². The zero-order valence-corrected chi connectivity index (χ0v) is 15.4. The van der Waals surface area contributed by atoms with Gasteiger partial charge in [0, 0.05) is 31.0 Å². The van der Waals surface area contributed by atoms with Gasteiger partial charge in [0.2, 0.25) is 0 Å². The Morgan fingerprint density at radius 2 is 2.22 bits per heavy atom. The SMILES string of the molecule is Cc1cncc(CO[C@H]2CCOC3(C2)CN(C(=O)c2cccc(O)c2)C3)c1. The number of aryl methyl sites for hydroxylation is 1. The van der Waals surface area contributed by atoms with Gasteiger partial charge >= 0.3 is 0 Å². The molecular formula is C21H24N2O4. The Morgan fingerprint density at radius 3 is 3.00 bits per heavy atom. The third kappa shape index (κ3) is 3.96. The van der Waals surface area contributed by atoms with Gasteiger partial charge in [-0.2, -0.15) is 0 Å². The van der Waals surface area contributed by atoms with Crippen LogP contribution in [-0.4, -0.2) is 52.3 Å². The number of phenolic OH excluding ortho intramolecular Hbond substituents is 1. The Hall–Kier alpha value is -2.44. The molecule has 1 amide bonds. The summed E-state index contributed by atoms with van der Waals surface area (Å²) in [5.74, 6) is 0.0260. The molecule has 6 nitrogen and oxygen atoms in total. The Morgan fingerprint density at radius 1 is 1.37 bits per heavy atom. The number of hydrogen-bond acceptors (Lipinski definition) is 5. The maximum absolute atomic E-state index is 12.6. The normalized spacial score (nSPS) is 21.1. The predicted molar refractivity (Wildman–Crippen MR) is 99.5 cm³/mol. The lowest BCUT2D eigenvalue weighted by Gasteiger charge is -2.53. The van der Waals surface area contributed by atoms with Crippen LogP contribution in [0, 0.1) is 6.92 Å². The van der Waals surface area contributed by atoms with Crippen LogP contribution in [0.1, 0.15) is 34.3 Å². The highest BCUT2D eigenvalue weighted by atomic mass is 16.5. The van der Waals surface area contributed by atoms with Crippen molar-refractivity contribution in [1.82, 2.24) is 9.88 Å². The number of aromatic hydroxyl groups is 1. The molecule has 2 aromatic rings. The first kappa shape index (κ1) is 17.9. The fraction of sp³-hybridized carbons (Fsp3) is 0.429. The molecule has 0 saturated carbocycles. The predicted octanol–water partition coefficient (Wildman–Crippen LogP) is 2.69. The Kier molecular flexibility index (Phi) is 4.85. The Balaban J connectivity index is 1.32. The van der Waals surface area contributed by atoms with Crippen molar-refractivity contribution in [3.05, 3.63) is 59.4 Å². The lowest BCUT2D eigenvalue weighted by Crippen LogP contribution is -2.67. The van der Waals surface area contributed by atoms with Gasteiger partial charge in [0.25, 0.3) is 5.91 Å². The van der Waals surface area contributed by atoms with Crippen molar-refractivity contribution >= 4 is 5.91 Å². The number of benzene rings is 1. The molecule has 2 fully saturated rings. The Labute approximate surface area is 158 Å². The summed E-state index contributed by atoms with van der Waals surface area (Å²) >= 11 is 0. The first-order valence-electron chi connectivity index (χ1n) is 9.27. The van der Waals surface area contributed by atoms with Crippen molar-refractivity contribution in [2.45, 2.75) is 38.1 Å². The van der Waals surface area contributed by atoms with E-state index in [9.17, 15) is 9.90 Å². The monoisotopic (exact) mass is 368 g/mol. The number of hydrogen-bond donors (Lipinski definition) is 1. The quantitative estimate of drug-likeness (QED) is 0.898. The molecule has 0 radical (unpaired) electrons. The number of nitrogens with zero attached hydrogens (tertiary/aromatic N) is 2. The summed E-state index contributed by atoms with van der Waals surface area (Å²) in [6.07, 6.45) is 5.44. The van der Waals surface area contributed by atoms with E-state index >= 15 is 0 Å². The summed E-state index contributed by atoms with van der Waals surface area (Å²) in [7, 11) is 0. The number of phenols is 1. The zero-order valence-electron chi connectivity index (χ0n) is 15.4. The molecular weight excluding hydrogens is 344 g/mol. The van der Waals surface area contributed by atoms with E-state index in [1.165, 1.54) is 6.07 Å². The summed E-state index contributed by atoms with van der Waals surface area (Å²) < 4.78 is 12.1. The number of amides is 1. The van der Waals surface area contributed by atoms with Crippen LogP contribution in [-0.2, 0) is 16.1 Å². The number of carbonyl (C=O) groups excluding carboxylic acids is 1. The molecule has 0 bridgehead atoms. The summed E-state index contributed by atoms with van der Waals surface area (Å²) in [5.41, 5.74) is 2.39. The number of pyridine rings is 1. The van der Waals surface area contributed by atoms with Crippen molar-refractivity contribution in [1.29, 1.82) is 0 Å². The van der Waals surface area contributed by atoms with E-state index < -0.39 is 0 Å². The molecule has 142 valence electrons. The van der Waals surface area contributed by atoms with E-state index in [-0.39, 0.29) is 23.4 Å². The van der Waals surface area contributed by atoms with Crippen LogP contribution in [0.5, 0.6) is 5.75 Å². The summed E-state index contributed by atoms with van der Waals surface area (Å²) in [4.78, 5) is 18.5. The maximum Gasteiger partial charge on any atom is 0.254 e. The number of carbonyl (C=O) groups is 1. The number of rotatable bonds is 4. The molecule has 3 heterocycles. The zero-order chi connectivity index (χ0) is 18.9. The van der Waals surface area contributed by atoms with Gasteiger partial charge in [0.05, 0.1) is 25.8 Å². The molecule has 1 aromatic carbocycles. The van der Waals surface area contributed by atoms with Gasteiger partial charge in [0.15, 0.2) is 0 Å². The average Bonchev–Trinajstić information content (AvgIpc) is 2.64. The van der Waals surface area contributed by atoms with E-state index in [1.54, 1.807) is 23.1 Å². The van der Waals surface area contributed by atoms with E-state index in [0.717, 1.165) is 24.0 Å². The van der Waals surface area contributed by atoms with Gasteiger partial charge in [0.1, 0.15) is 11.4 Å². The fourth-order valence-corrected chi connectivity index (χ4v) is 3.87. The van der Waals surface area contributed by atoms with Crippen LogP contribution in [0.4, 0.5) is 0 Å². The van der Waals surface area contributed by atoms with Crippen LogP contribution in [0.25, 0.3) is 0 Å². The Bertz CT molecular complexity index is 832. The minimum Gasteiger partial charge on any atom is -0.508 e. The van der Waals surface area contributed by atoms with Crippen molar-refractivity contribution in [3.63, 3.8) is 0 Å². The van der Waals surface area contributed by atoms with Crippen LogP contribution in [0.3, 0.4) is 0 Å². The van der Waals surface area contributed by atoms with E-state index in [2.05, 4.69) is 11.1 Å². The molecule has 2 aliphatic heterocycles. The summed E-state index contributed by atoms with van der Waals surface area (Å²) in [5, 5.41) is 9.57. The highest BCUT2D eigenvalue weighted by molar-refractivity contribution is 5.95. The molecule has 1 spiro atoms. The molecule has 1 aromatic heterocycles. The molecule has 0 unspecified atom stereocenters. The number of ether oxygens (including phenoxy) is 2. The second-order valence-corrected chi connectivity index (χ2v) is 7.54. The molecule has 0 aliphatic carbocycles. The van der Waals surface area contributed by atoms with E-state index in [4.69, 9.17) is 9.47 Å². The average molecular weight is 368 g/mol. The van der Waals surface area contributed by atoms with Gasteiger partial charge < -0.3 is 19.5 Å². The van der Waals surface area contributed by atoms with Gasteiger partial charge in [-0.05, 0) is 42.7 Å². The summed E-state index contributed by atoms with van der Waals surface area (Å²) in [6, 6.07) is 8.54. The lowest BCUT2D eigenvalue weighted by molar-refractivity contribution is -0.188. The minimum atomic E-state index is -0.305. The molecule has 4 rings (SSSR count). The van der Waals surface area contributed by atoms with Gasteiger partial charge in [-0.1, -0.05) is 12.1 Å².